The summed E-state index contributed by atoms with van der Waals surface area (Å²) in [5.74, 6) is -0.777. The van der Waals surface area contributed by atoms with Crippen LogP contribution in [-0.2, 0) is 11.3 Å². The van der Waals surface area contributed by atoms with E-state index in [1.165, 1.54) is 13.1 Å². The molecule has 1 unspecified atom stereocenters. The average Bonchev–Trinajstić information content (AvgIpc) is 2.41. The molecule has 1 atom stereocenters. The normalized spacial score (nSPS) is 12.1. The number of benzene rings is 1. The lowest BCUT2D eigenvalue weighted by molar-refractivity contribution is -0.124. The number of carbonyl (C=O) groups is 2. The van der Waals surface area contributed by atoms with Crippen molar-refractivity contribution in [3.05, 3.63) is 34.1 Å². The fourth-order valence-corrected chi connectivity index (χ4v) is 1.96. The summed E-state index contributed by atoms with van der Waals surface area (Å²) in [6.45, 7) is 1.90. The van der Waals surface area contributed by atoms with E-state index in [9.17, 15) is 14.0 Å². The van der Waals surface area contributed by atoms with Crippen LogP contribution in [0.4, 0.5) is 9.18 Å². The first kappa shape index (κ1) is 16.6. The second kappa shape index (κ2) is 7.35. The lowest BCUT2D eigenvalue weighted by atomic mass is 10.1. The van der Waals surface area contributed by atoms with Crippen molar-refractivity contribution in [1.82, 2.24) is 15.5 Å². The van der Waals surface area contributed by atoms with E-state index >= 15 is 0 Å². The first-order chi connectivity index (χ1) is 9.35. The maximum atomic E-state index is 13.6. The van der Waals surface area contributed by atoms with Gasteiger partial charge >= 0.3 is 6.03 Å². The van der Waals surface area contributed by atoms with Gasteiger partial charge in [0.1, 0.15) is 5.82 Å². The molecule has 0 radical (unpaired) electrons. The third kappa shape index (κ3) is 4.57. The molecular weight excluding hydrogens is 329 g/mol. The van der Waals surface area contributed by atoms with Gasteiger partial charge in [0.2, 0.25) is 5.91 Å². The number of imide groups is 1. The Bertz CT molecular complexity index is 510. The zero-order valence-electron chi connectivity index (χ0n) is 11.5. The Morgan fingerprint density at radius 3 is 2.70 bits per heavy atom. The number of carbonyl (C=O) groups excluding carboxylic acids is 2. The monoisotopic (exact) mass is 345 g/mol. The molecule has 1 rings (SSSR count). The minimum atomic E-state index is -0.566. The van der Waals surface area contributed by atoms with Crippen LogP contribution in [0.25, 0.3) is 0 Å². The summed E-state index contributed by atoms with van der Waals surface area (Å²) in [5, 5.41) is 4.49. The summed E-state index contributed by atoms with van der Waals surface area (Å²) in [6, 6.07) is 3.51. The minimum absolute atomic E-state index is 0.258. The molecule has 0 spiro atoms. The fraction of sp³-hybridized carbons (Fsp3) is 0.385. The third-order valence-electron chi connectivity index (χ3n) is 2.93. The molecule has 0 aliphatic carbocycles. The number of nitrogens with zero attached hydrogens (tertiary/aromatic N) is 1. The van der Waals surface area contributed by atoms with Crippen molar-refractivity contribution in [1.29, 1.82) is 0 Å². The first-order valence-electron chi connectivity index (χ1n) is 6.02. The van der Waals surface area contributed by atoms with Crippen LogP contribution in [0.5, 0.6) is 0 Å². The number of rotatable bonds is 4. The first-order valence-corrected chi connectivity index (χ1v) is 6.81. The second-order valence-corrected chi connectivity index (χ2v) is 5.31. The number of likely N-dealkylation sites (N-methyl/N-ethyl adjacent to an activating group) is 1. The van der Waals surface area contributed by atoms with Crippen LogP contribution < -0.4 is 10.6 Å². The number of hydrogen-bond acceptors (Lipinski definition) is 3. The molecule has 0 saturated carbocycles. The Balaban J connectivity index is 2.70. The molecule has 7 heteroatoms. The molecule has 0 aliphatic heterocycles. The zero-order valence-corrected chi connectivity index (χ0v) is 13.1. The highest BCUT2D eigenvalue weighted by molar-refractivity contribution is 9.10. The summed E-state index contributed by atoms with van der Waals surface area (Å²) in [5.41, 5.74) is 0.474. The Labute approximate surface area is 125 Å². The Hall–Kier alpha value is -1.47. The van der Waals surface area contributed by atoms with Crippen molar-refractivity contribution >= 4 is 27.9 Å². The molecule has 1 aromatic carbocycles. The highest BCUT2D eigenvalue weighted by atomic mass is 79.9. The number of halogens is 2. The Morgan fingerprint density at radius 2 is 2.10 bits per heavy atom. The van der Waals surface area contributed by atoms with Crippen LogP contribution >= 0.6 is 15.9 Å². The van der Waals surface area contributed by atoms with E-state index in [0.29, 0.717) is 5.56 Å². The largest absolute Gasteiger partial charge is 0.341 e. The molecule has 1 aromatic rings. The maximum absolute atomic E-state index is 13.6. The van der Waals surface area contributed by atoms with Crippen molar-refractivity contribution < 1.29 is 14.0 Å². The highest BCUT2D eigenvalue weighted by Gasteiger charge is 2.20. The molecular formula is C13H17BrFN3O2. The number of nitrogens with one attached hydrogen (secondary N) is 2. The summed E-state index contributed by atoms with van der Waals surface area (Å²) in [6.07, 6.45) is 0. The second-order valence-electron chi connectivity index (χ2n) is 4.40. The summed E-state index contributed by atoms with van der Waals surface area (Å²) < 4.78 is 14.4. The van der Waals surface area contributed by atoms with Gasteiger partial charge < -0.3 is 5.32 Å². The van der Waals surface area contributed by atoms with Gasteiger partial charge in [-0.05, 0) is 32.2 Å². The van der Waals surface area contributed by atoms with Crippen LogP contribution in [0.3, 0.4) is 0 Å². The minimum Gasteiger partial charge on any atom is -0.341 e. The number of urea groups is 1. The SMILES string of the molecule is CNC(=O)NC(=O)C(C)N(C)Cc1cc(Br)ccc1F. The highest BCUT2D eigenvalue weighted by Crippen LogP contribution is 2.17. The van der Waals surface area contributed by atoms with Crippen molar-refractivity contribution in [3.63, 3.8) is 0 Å². The van der Waals surface area contributed by atoms with Crippen molar-refractivity contribution in [2.24, 2.45) is 0 Å². The van der Waals surface area contributed by atoms with Gasteiger partial charge in [-0.1, -0.05) is 15.9 Å². The van der Waals surface area contributed by atoms with E-state index in [2.05, 4.69) is 26.6 Å². The van der Waals surface area contributed by atoms with Gasteiger partial charge in [-0.2, -0.15) is 0 Å². The van der Waals surface area contributed by atoms with Crippen molar-refractivity contribution in [3.8, 4) is 0 Å². The van der Waals surface area contributed by atoms with Crippen LogP contribution in [0.1, 0.15) is 12.5 Å². The van der Waals surface area contributed by atoms with Crippen LogP contribution in [0.2, 0.25) is 0 Å². The lowest BCUT2D eigenvalue weighted by Gasteiger charge is -2.23. The molecule has 0 heterocycles. The fourth-order valence-electron chi connectivity index (χ4n) is 1.55. The predicted molar refractivity (Wildman–Crippen MR) is 77.6 cm³/mol. The maximum Gasteiger partial charge on any atom is 0.321 e. The van der Waals surface area contributed by atoms with Gasteiger partial charge in [0.15, 0.2) is 0 Å². The molecule has 0 saturated heterocycles. The topological polar surface area (TPSA) is 61.4 Å². The summed E-state index contributed by atoms with van der Waals surface area (Å²) in [4.78, 5) is 24.5. The van der Waals surface area contributed by atoms with E-state index in [0.717, 1.165) is 4.47 Å². The average molecular weight is 346 g/mol. The quantitative estimate of drug-likeness (QED) is 0.875. The van der Waals surface area contributed by atoms with E-state index in [4.69, 9.17) is 0 Å². The molecule has 0 bridgehead atoms. The Kier molecular flexibility index (Phi) is 6.09. The zero-order chi connectivity index (χ0) is 15.3. The van der Waals surface area contributed by atoms with E-state index in [1.54, 1.807) is 31.0 Å². The van der Waals surface area contributed by atoms with E-state index in [-0.39, 0.29) is 12.4 Å². The molecule has 5 nitrogen and oxygen atoms in total. The summed E-state index contributed by atoms with van der Waals surface area (Å²) in [7, 11) is 3.11. The smallest absolute Gasteiger partial charge is 0.321 e. The van der Waals surface area contributed by atoms with Gasteiger partial charge in [0.25, 0.3) is 0 Å². The van der Waals surface area contributed by atoms with Gasteiger partial charge in [-0.15, -0.1) is 0 Å². The number of hydrogen-bond donors (Lipinski definition) is 2. The van der Waals surface area contributed by atoms with E-state index < -0.39 is 18.0 Å². The molecule has 2 N–H and O–H groups in total. The van der Waals surface area contributed by atoms with Gasteiger partial charge in [0, 0.05) is 23.6 Å². The molecule has 0 fully saturated rings. The molecule has 3 amide bonds. The predicted octanol–water partition coefficient (Wildman–Crippen LogP) is 1.86. The van der Waals surface area contributed by atoms with Crippen LogP contribution in [0, 0.1) is 5.82 Å². The van der Waals surface area contributed by atoms with Crippen molar-refractivity contribution in [2.45, 2.75) is 19.5 Å². The van der Waals surface area contributed by atoms with Gasteiger partial charge in [-0.3, -0.25) is 15.0 Å². The molecule has 110 valence electrons. The van der Waals surface area contributed by atoms with Crippen LogP contribution in [-0.4, -0.2) is 37.0 Å². The molecule has 0 aliphatic rings. The Morgan fingerprint density at radius 1 is 1.45 bits per heavy atom. The standard InChI is InChI=1S/C13H17BrFN3O2/c1-8(12(19)17-13(20)16-2)18(3)7-9-6-10(14)4-5-11(9)15/h4-6,8H,7H2,1-3H3,(H2,16,17,19,20). The molecule has 20 heavy (non-hydrogen) atoms. The van der Waals surface area contributed by atoms with Gasteiger partial charge in [0.05, 0.1) is 6.04 Å². The van der Waals surface area contributed by atoms with Crippen LogP contribution in [0.15, 0.2) is 22.7 Å². The van der Waals surface area contributed by atoms with E-state index in [1.807, 2.05) is 0 Å². The number of amides is 3. The van der Waals surface area contributed by atoms with Gasteiger partial charge in [-0.25, -0.2) is 9.18 Å². The van der Waals surface area contributed by atoms with Crippen molar-refractivity contribution in [2.75, 3.05) is 14.1 Å². The third-order valence-corrected chi connectivity index (χ3v) is 3.43. The summed E-state index contributed by atoms with van der Waals surface area (Å²) >= 11 is 3.28. The lowest BCUT2D eigenvalue weighted by Crippen LogP contribution is -2.47. The molecule has 0 aromatic heterocycles.